The molecule has 3 aromatic rings. The van der Waals surface area contributed by atoms with Gasteiger partial charge in [0.2, 0.25) is 5.95 Å². The molecular weight excluding hydrogens is 382 g/mol. The van der Waals surface area contributed by atoms with Gasteiger partial charge in [-0.05, 0) is 51.3 Å². The smallest absolute Gasteiger partial charge is 0.267 e. The van der Waals surface area contributed by atoms with Gasteiger partial charge in [-0.1, -0.05) is 0 Å². The fourth-order valence-corrected chi connectivity index (χ4v) is 3.93. The molecule has 4 rings (SSSR count). The fourth-order valence-electron chi connectivity index (χ4n) is 3.93. The zero-order valence-corrected chi connectivity index (χ0v) is 17.6. The minimum Gasteiger partial charge on any atom is -0.353 e. The first-order chi connectivity index (χ1) is 14.5. The van der Waals surface area contributed by atoms with Crippen molar-refractivity contribution in [3.05, 3.63) is 51.2 Å². The van der Waals surface area contributed by atoms with E-state index in [1.807, 2.05) is 13.8 Å². The van der Waals surface area contributed by atoms with Crippen LogP contribution in [0.15, 0.2) is 40.1 Å². The summed E-state index contributed by atoms with van der Waals surface area (Å²) < 4.78 is 3.04. The van der Waals surface area contributed by atoms with E-state index in [2.05, 4.69) is 25.3 Å². The summed E-state index contributed by atoms with van der Waals surface area (Å²) in [4.78, 5) is 35.7. The first-order valence-corrected chi connectivity index (χ1v) is 10.4. The number of rotatable bonds is 5. The molecule has 1 atom stereocenters. The van der Waals surface area contributed by atoms with Crippen LogP contribution in [0, 0.1) is 0 Å². The summed E-state index contributed by atoms with van der Waals surface area (Å²) in [6, 6.07) is 7.04. The second kappa shape index (κ2) is 8.25. The summed E-state index contributed by atoms with van der Waals surface area (Å²) in [7, 11) is 1.71. The summed E-state index contributed by atoms with van der Waals surface area (Å²) in [5.74, 6) is 1.30. The van der Waals surface area contributed by atoms with Crippen molar-refractivity contribution in [3.8, 4) is 0 Å². The number of anilines is 2. The van der Waals surface area contributed by atoms with Gasteiger partial charge in [0.1, 0.15) is 5.82 Å². The van der Waals surface area contributed by atoms with E-state index in [1.54, 1.807) is 37.5 Å². The highest BCUT2D eigenvalue weighted by atomic mass is 16.1. The molecule has 0 saturated carbocycles. The summed E-state index contributed by atoms with van der Waals surface area (Å²) >= 11 is 0. The molecule has 0 amide bonds. The number of hydrogen-bond acceptors (Lipinski definition) is 7. The number of piperidine rings is 1. The topological polar surface area (TPSA) is 97.9 Å². The Kier molecular flexibility index (Phi) is 5.52. The van der Waals surface area contributed by atoms with Gasteiger partial charge in [-0.2, -0.15) is 10.1 Å². The van der Waals surface area contributed by atoms with Crippen molar-refractivity contribution in [1.29, 1.82) is 0 Å². The first-order valence-electron chi connectivity index (χ1n) is 10.4. The van der Waals surface area contributed by atoms with Crippen molar-refractivity contribution < 1.29 is 0 Å². The zero-order chi connectivity index (χ0) is 21.3. The SMILES string of the molecule is CC(C)n1nc(N2CCCCC2CNc2nc3ncccc3c(=O)n2C)ccc1=O. The van der Waals surface area contributed by atoms with Crippen LogP contribution < -0.4 is 21.3 Å². The Morgan fingerprint density at radius 2 is 2.03 bits per heavy atom. The summed E-state index contributed by atoms with van der Waals surface area (Å²) in [5.41, 5.74) is 0.222. The number of fused-ring (bicyclic) bond motifs is 1. The molecule has 0 aromatic carbocycles. The lowest BCUT2D eigenvalue weighted by molar-refractivity contribution is 0.450. The van der Waals surface area contributed by atoms with Crippen molar-refractivity contribution in [2.24, 2.45) is 7.05 Å². The number of nitrogens with zero attached hydrogens (tertiary/aromatic N) is 6. The number of aromatic nitrogens is 5. The molecule has 4 heterocycles. The second-order valence-corrected chi connectivity index (χ2v) is 7.97. The van der Waals surface area contributed by atoms with E-state index in [-0.39, 0.29) is 23.2 Å². The lowest BCUT2D eigenvalue weighted by Gasteiger charge is -2.37. The zero-order valence-electron chi connectivity index (χ0n) is 17.6. The van der Waals surface area contributed by atoms with Crippen molar-refractivity contribution in [2.75, 3.05) is 23.3 Å². The molecule has 0 radical (unpaired) electrons. The van der Waals surface area contributed by atoms with Crippen LogP contribution in [-0.4, -0.2) is 43.4 Å². The minimum absolute atomic E-state index is 0.00244. The Morgan fingerprint density at radius 1 is 1.20 bits per heavy atom. The van der Waals surface area contributed by atoms with E-state index in [4.69, 9.17) is 0 Å². The molecule has 1 aliphatic rings. The normalized spacial score (nSPS) is 16.9. The Hall–Kier alpha value is -3.23. The third-order valence-corrected chi connectivity index (χ3v) is 5.57. The standard InChI is InChI=1S/C21H27N7O2/c1-14(2)28-18(29)10-9-17(25-28)27-12-5-4-7-15(27)13-23-21-24-19-16(8-6-11-22-19)20(30)26(21)3/h6,8-11,14-15H,4-5,7,12-13H2,1-3H3,(H,22,23,24). The molecular formula is C21H27N7O2. The van der Waals surface area contributed by atoms with Gasteiger partial charge in [-0.25, -0.2) is 9.67 Å². The van der Waals surface area contributed by atoms with Crippen LogP contribution in [0.1, 0.15) is 39.2 Å². The highest BCUT2D eigenvalue weighted by Crippen LogP contribution is 2.23. The number of nitrogens with one attached hydrogen (secondary N) is 1. The molecule has 158 valence electrons. The van der Waals surface area contributed by atoms with Crippen molar-refractivity contribution in [3.63, 3.8) is 0 Å². The van der Waals surface area contributed by atoms with Gasteiger partial charge in [0.25, 0.3) is 11.1 Å². The van der Waals surface area contributed by atoms with E-state index >= 15 is 0 Å². The van der Waals surface area contributed by atoms with E-state index < -0.39 is 0 Å². The predicted octanol–water partition coefficient (Wildman–Crippen LogP) is 1.94. The monoisotopic (exact) mass is 409 g/mol. The minimum atomic E-state index is -0.123. The average molecular weight is 409 g/mol. The quantitative estimate of drug-likeness (QED) is 0.688. The van der Waals surface area contributed by atoms with Crippen LogP contribution in [-0.2, 0) is 7.05 Å². The van der Waals surface area contributed by atoms with Gasteiger partial charge in [0, 0.05) is 38.4 Å². The maximum Gasteiger partial charge on any atom is 0.267 e. The molecule has 1 aliphatic heterocycles. The molecule has 3 aromatic heterocycles. The molecule has 30 heavy (non-hydrogen) atoms. The van der Waals surface area contributed by atoms with E-state index in [0.29, 0.717) is 23.5 Å². The fraction of sp³-hybridized carbons (Fsp3) is 0.476. The largest absolute Gasteiger partial charge is 0.353 e. The number of hydrogen-bond donors (Lipinski definition) is 1. The molecule has 9 heteroatoms. The molecule has 0 spiro atoms. The van der Waals surface area contributed by atoms with Crippen molar-refractivity contribution >= 4 is 22.8 Å². The molecule has 0 bridgehead atoms. The summed E-state index contributed by atoms with van der Waals surface area (Å²) in [5, 5.41) is 8.44. The van der Waals surface area contributed by atoms with Gasteiger partial charge >= 0.3 is 0 Å². The highest BCUT2D eigenvalue weighted by Gasteiger charge is 2.25. The van der Waals surface area contributed by atoms with E-state index in [1.165, 1.54) is 9.25 Å². The van der Waals surface area contributed by atoms with Crippen LogP contribution in [0.2, 0.25) is 0 Å². The molecule has 1 N–H and O–H groups in total. The van der Waals surface area contributed by atoms with Gasteiger partial charge in [-0.15, -0.1) is 0 Å². The van der Waals surface area contributed by atoms with Gasteiger partial charge in [-0.3, -0.25) is 14.2 Å². The van der Waals surface area contributed by atoms with Gasteiger partial charge < -0.3 is 10.2 Å². The van der Waals surface area contributed by atoms with Crippen LogP contribution in [0.4, 0.5) is 11.8 Å². The summed E-state index contributed by atoms with van der Waals surface area (Å²) in [6.07, 6.45) is 4.83. The molecule has 1 unspecified atom stereocenters. The van der Waals surface area contributed by atoms with E-state index in [0.717, 1.165) is 31.6 Å². The van der Waals surface area contributed by atoms with Crippen LogP contribution in [0.3, 0.4) is 0 Å². The Morgan fingerprint density at radius 3 is 2.83 bits per heavy atom. The maximum absolute atomic E-state index is 12.6. The summed E-state index contributed by atoms with van der Waals surface area (Å²) in [6.45, 7) is 5.39. The lowest BCUT2D eigenvalue weighted by Crippen LogP contribution is -2.45. The highest BCUT2D eigenvalue weighted by molar-refractivity contribution is 5.74. The van der Waals surface area contributed by atoms with Crippen molar-refractivity contribution in [1.82, 2.24) is 24.3 Å². The third-order valence-electron chi connectivity index (χ3n) is 5.57. The average Bonchev–Trinajstić information content (AvgIpc) is 2.76. The molecule has 9 nitrogen and oxygen atoms in total. The number of pyridine rings is 1. The lowest BCUT2D eigenvalue weighted by atomic mass is 10.0. The van der Waals surface area contributed by atoms with E-state index in [9.17, 15) is 9.59 Å². The van der Waals surface area contributed by atoms with Gasteiger partial charge in [0.15, 0.2) is 5.65 Å². The molecule has 1 saturated heterocycles. The van der Waals surface area contributed by atoms with Crippen LogP contribution in [0.25, 0.3) is 11.0 Å². The second-order valence-electron chi connectivity index (χ2n) is 7.97. The van der Waals surface area contributed by atoms with Gasteiger partial charge in [0.05, 0.1) is 11.4 Å². The van der Waals surface area contributed by atoms with Crippen LogP contribution >= 0.6 is 0 Å². The van der Waals surface area contributed by atoms with Crippen LogP contribution in [0.5, 0.6) is 0 Å². The Bertz CT molecular complexity index is 1170. The molecule has 0 aliphatic carbocycles. The Balaban J connectivity index is 1.59. The molecule has 1 fully saturated rings. The Labute approximate surface area is 174 Å². The first kappa shape index (κ1) is 20.1. The van der Waals surface area contributed by atoms with Crippen molar-refractivity contribution in [2.45, 2.75) is 45.2 Å². The maximum atomic E-state index is 12.6. The predicted molar refractivity (Wildman–Crippen MR) is 117 cm³/mol. The third kappa shape index (κ3) is 3.79.